The smallest absolute Gasteiger partial charge is 0.192 e. The molecule has 0 fully saturated rings. The summed E-state index contributed by atoms with van der Waals surface area (Å²) in [6.45, 7) is 3.94. The zero-order valence-electron chi connectivity index (χ0n) is 9.92. The van der Waals surface area contributed by atoms with Gasteiger partial charge in [0.2, 0.25) is 0 Å². The highest BCUT2D eigenvalue weighted by molar-refractivity contribution is 7.99. The third kappa shape index (κ3) is 3.28. The summed E-state index contributed by atoms with van der Waals surface area (Å²) in [4.78, 5) is 9.70. The third-order valence-electron chi connectivity index (χ3n) is 2.39. The van der Waals surface area contributed by atoms with Crippen LogP contribution in [0.1, 0.15) is 24.2 Å². The highest BCUT2D eigenvalue weighted by Gasteiger charge is 2.02. The summed E-state index contributed by atoms with van der Waals surface area (Å²) in [6.07, 6.45) is 1.78. The van der Waals surface area contributed by atoms with Crippen LogP contribution in [0, 0.1) is 6.92 Å². The molecule has 0 aliphatic carbocycles. The van der Waals surface area contributed by atoms with E-state index in [-0.39, 0.29) is 6.04 Å². The minimum atomic E-state index is 0.0734. The standard InChI is InChI=1S/C13H15N3S/c1-9-7-8-15-13(16-9)17-12-5-3-11(4-6-12)10(2)14/h3-8,10H,14H2,1-2H3/t10-/m0/s1. The Morgan fingerprint density at radius 3 is 2.47 bits per heavy atom. The van der Waals surface area contributed by atoms with E-state index < -0.39 is 0 Å². The first-order chi connectivity index (χ1) is 8.15. The molecule has 0 spiro atoms. The molecule has 2 aromatic rings. The van der Waals surface area contributed by atoms with Crippen LogP contribution in [-0.2, 0) is 0 Å². The van der Waals surface area contributed by atoms with Crippen molar-refractivity contribution in [2.24, 2.45) is 5.73 Å². The summed E-state index contributed by atoms with van der Waals surface area (Å²) < 4.78 is 0. The zero-order valence-corrected chi connectivity index (χ0v) is 10.7. The van der Waals surface area contributed by atoms with Gasteiger partial charge in [-0.1, -0.05) is 12.1 Å². The average Bonchev–Trinajstić information content (AvgIpc) is 2.29. The van der Waals surface area contributed by atoms with Crippen LogP contribution in [0.4, 0.5) is 0 Å². The molecule has 17 heavy (non-hydrogen) atoms. The Hall–Kier alpha value is -1.39. The number of aryl methyl sites for hydroxylation is 1. The van der Waals surface area contributed by atoms with Crippen LogP contribution >= 0.6 is 11.8 Å². The van der Waals surface area contributed by atoms with Gasteiger partial charge >= 0.3 is 0 Å². The Bertz CT molecular complexity index is 494. The first-order valence-corrected chi connectivity index (χ1v) is 6.30. The number of nitrogens with zero attached hydrogens (tertiary/aromatic N) is 2. The van der Waals surface area contributed by atoms with E-state index in [9.17, 15) is 0 Å². The molecule has 0 aliphatic rings. The molecule has 4 heteroatoms. The van der Waals surface area contributed by atoms with Gasteiger partial charge in [0.05, 0.1) is 0 Å². The van der Waals surface area contributed by atoms with Crippen molar-refractivity contribution in [1.82, 2.24) is 9.97 Å². The number of benzene rings is 1. The highest BCUT2D eigenvalue weighted by Crippen LogP contribution is 2.25. The van der Waals surface area contributed by atoms with Gasteiger partial charge in [0.15, 0.2) is 5.16 Å². The van der Waals surface area contributed by atoms with Crippen molar-refractivity contribution in [2.45, 2.75) is 29.9 Å². The van der Waals surface area contributed by atoms with Crippen LogP contribution in [0.15, 0.2) is 46.6 Å². The van der Waals surface area contributed by atoms with Crippen molar-refractivity contribution in [3.63, 3.8) is 0 Å². The van der Waals surface area contributed by atoms with E-state index in [4.69, 9.17) is 5.73 Å². The van der Waals surface area contributed by atoms with Gasteiger partial charge in [-0.05, 0) is 49.4 Å². The molecule has 1 heterocycles. The van der Waals surface area contributed by atoms with Gasteiger partial charge in [0, 0.05) is 22.8 Å². The number of hydrogen-bond acceptors (Lipinski definition) is 4. The quantitative estimate of drug-likeness (QED) is 0.845. The van der Waals surface area contributed by atoms with Crippen LogP contribution in [0.3, 0.4) is 0 Å². The molecule has 2 rings (SSSR count). The number of hydrogen-bond donors (Lipinski definition) is 1. The molecular weight excluding hydrogens is 230 g/mol. The highest BCUT2D eigenvalue weighted by atomic mass is 32.2. The van der Waals surface area contributed by atoms with Crippen molar-refractivity contribution in [3.8, 4) is 0 Å². The Morgan fingerprint density at radius 1 is 1.18 bits per heavy atom. The molecule has 0 bridgehead atoms. The minimum Gasteiger partial charge on any atom is -0.324 e. The zero-order chi connectivity index (χ0) is 12.3. The summed E-state index contributed by atoms with van der Waals surface area (Å²) in [7, 11) is 0. The Kier molecular flexibility index (Phi) is 3.76. The predicted molar refractivity (Wildman–Crippen MR) is 69.9 cm³/mol. The summed E-state index contributed by atoms with van der Waals surface area (Å²) in [5, 5.41) is 0.776. The van der Waals surface area contributed by atoms with E-state index in [2.05, 4.69) is 22.1 Å². The number of nitrogens with two attached hydrogens (primary N) is 1. The summed E-state index contributed by atoms with van der Waals surface area (Å²) in [6, 6.07) is 10.2. The van der Waals surface area contributed by atoms with Gasteiger partial charge in [-0.25, -0.2) is 9.97 Å². The minimum absolute atomic E-state index is 0.0734. The van der Waals surface area contributed by atoms with Crippen molar-refractivity contribution < 1.29 is 0 Å². The lowest BCUT2D eigenvalue weighted by Gasteiger charge is -2.06. The van der Waals surface area contributed by atoms with Crippen LogP contribution in [0.5, 0.6) is 0 Å². The van der Waals surface area contributed by atoms with Crippen LogP contribution in [0.25, 0.3) is 0 Å². The third-order valence-corrected chi connectivity index (χ3v) is 3.27. The molecule has 0 saturated heterocycles. The van der Waals surface area contributed by atoms with E-state index in [1.54, 1.807) is 18.0 Å². The summed E-state index contributed by atoms with van der Waals surface area (Å²) in [5.41, 5.74) is 7.92. The fourth-order valence-corrected chi connectivity index (χ4v) is 2.21. The normalized spacial score (nSPS) is 12.4. The SMILES string of the molecule is Cc1ccnc(Sc2ccc([C@H](C)N)cc2)n1. The Morgan fingerprint density at radius 2 is 1.88 bits per heavy atom. The Labute approximate surface area is 105 Å². The van der Waals surface area contributed by atoms with Crippen molar-refractivity contribution in [1.29, 1.82) is 0 Å². The molecule has 1 aromatic carbocycles. The number of rotatable bonds is 3. The molecule has 2 N–H and O–H groups in total. The van der Waals surface area contributed by atoms with Crippen LogP contribution in [-0.4, -0.2) is 9.97 Å². The predicted octanol–water partition coefficient (Wildman–Crippen LogP) is 2.96. The molecule has 1 atom stereocenters. The lowest BCUT2D eigenvalue weighted by atomic mass is 10.1. The monoisotopic (exact) mass is 245 g/mol. The van der Waals surface area contributed by atoms with E-state index in [1.807, 2.05) is 32.0 Å². The van der Waals surface area contributed by atoms with Gasteiger partial charge in [-0.2, -0.15) is 0 Å². The fraction of sp³-hybridized carbons (Fsp3) is 0.231. The maximum atomic E-state index is 5.80. The van der Waals surface area contributed by atoms with Gasteiger partial charge in [-0.3, -0.25) is 0 Å². The summed E-state index contributed by atoms with van der Waals surface area (Å²) in [5.74, 6) is 0. The maximum Gasteiger partial charge on any atom is 0.192 e. The second-order valence-electron chi connectivity index (χ2n) is 3.94. The van der Waals surface area contributed by atoms with Crippen LogP contribution < -0.4 is 5.73 Å². The second-order valence-corrected chi connectivity index (χ2v) is 4.98. The number of aromatic nitrogens is 2. The van der Waals surface area contributed by atoms with E-state index in [1.165, 1.54) is 0 Å². The lowest BCUT2D eigenvalue weighted by Crippen LogP contribution is -2.04. The van der Waals surface area contributed by atoms with E-state index >= 15 is 0 Å². The molecule has 0 unspecified atom stereocenters. The molecule has 0 saturated carbocycles. The van der Waals surface area contributed by atoms with E-state index in [0.717, 1.165) is 21.3 Å². The molecular formula is C13H15N3S. The molecule has 0 amide bonds. The lowest BCUT2D eigenvalue weighted by molar-refractivity contribution is 0.817. The molecule has 0 aliphatic heterocycles. The van der Waals surface area contributed by atoms with E-state index in [0.29, 0.717) is 0 Å². The molecule has 3 nitrogen and oxygen atoms in total. The van der Waals surface area contributed by atoms with Crippen molar-refractivity contribution >= 4 is 11.8 Å². The van der Waals surface area contributed by atoms with Gasteiger partial charge in [0.25, 0.3) is 0 Å². The fourth-order valence-electron chi connectivity index (χ4n) is 1.42. The van der Waals surface area contributed by atoms with Crippen molar-refractivity contribution in [3.05, 3.63) is 47.8 Å². The maximum absolute atomic E-state index is 5.80. The summed E-state index contributed by atoms with van der Waals surface area (Å²) >= 11 is 1.56. The van der Waals surface area contributed by atoms with Gasteiger partial charge < -0.3 is 5.73 Å². The molecule has 1 aromatic heterocycles. The first-order valence-electron chi connectivity index (χ1n) is 5.48. The van der Waals surface area contributed by atoms with Gasteiger partial charge in [-0.15, -0.1) is 0 Å². The first kappa shape index (κ1) is 12.1. The van der Waals surface area contributed by atoms with Gasteiger partial charge in [0.1, 0.15) is 0 Å². The second kappa shape index (κ2) is 5.29. The molecule has 88 valence electrons. The van der Waals surface area contributed by atoms with Crippen molar-refractivity contribution in [2.75, 3.05) is 0 Å². The topological polar surface area (TPSA) is 51.8 Å². The molecule has 0 radical (unpaired) electrons. The average molecular weight is 245 g/mol. The largest absolute Gasteiger partial charge is 0.324 e. The Balaban J connectivity index is 2.14. The van der Waals surface area contributed by atoms with Crippen LogP contribution in [0.2, 0.25) is 0 Å².